The van der Waals surface area contributed by atoms with E-state index < -0.39 is 0 Å². The Hall–Kier alpha value is -1.84. The summed E-state index contributed by atoms with van der Waals surface area (Å²) in [6.07, 6.45) is 0. The van der Waals surface area contributed by atoms with Crippen LogP contribution in [-0.4, -0.2) is 17.8 Å². The van der Waals surface area contributed by atoms with Gasteiger partial charge >= 0.3 is 0 Å². The van der Waals surface area contributed by atoms with E-state index in [1.807, 2.05) is 43.3 Å². The van der Waals surface area contributed by atoms with E-state index in [0.717, 1.165) is 22.6 Å². The predicted molar refractivity (Wildman–Crippen MR) is 74.5 cm³/mol. The van der Waals surface area contributed by atoms with Gasteiger partial charge in [-0.3, -0.25) is 0 Å². The minimum atomic E-state index is 0.0317. The smallest absolute Gasteiger partial charge is 0.132 e. The minimum Gasteiger partial charge on any atom is -0.457 e. The van der Waals surface area contributed by atoms with Crippen LogP contribution in [0.4, 0.5) is 0 Å². The summed E-state index contributed by atoms with van der Waals surface area (Å²) in [6.45, 7) is 2.09. The maximum absolute atomic E-state index is 9.27. The number of hydrogen-bond acceptors (Lipinski definition) is 3. The average molecular weight is 255 g/mol. The van der Waals surface area contributed by atoms with Crippen LogP contribution in [0.1, 0.15) is 24.1 Å². The van der Waals surface area contributed by atoms with E-state index >= 15 is 0 Å². The number of ether oxygens (including phenoxy) is 1. The number of nitrogens with one attached hydrogen (secondary N) is 1. The fourth-order valence-electron chi connectivity index (χ4n) is 2.43. The number of hydrogen-bond donors (Lipinski definition) is 2. The molecule has 0 aliphatic carbocycles. The first-order valence-corrected chi connectivity index (χ1v) is 6.52. The van der Waals surface area contributed by atoms with E-state index in [1.165, 1.54) is 0 Å². The molecule has 3 nitrogen and oxygen atoms in total. The van der Waals surface area contributed by atoms with Gasteiger partial charge in [-0.1, -0.05) is 36.4 Å². The largest absolute Gasteiger partial charge is 0.457 e. The predicted octanol–water partition coefficient (Wildman–Crippen LogP) is 2.85. The molecule has 0 radical (unpaired) electrons. The normalized spacial score (nSPS) is 15.3. The quantitative estimate of drug-likeness (QED) is 0.886. The highest BCUT2D eigenvalue weighted by Crippen LogP contribution is 2.42. The molecule has 0 aromatic heterocycles. The monoisotopic (exact) mass is 255 g/mol. The summed E-state index contributed by atoms with van der Waals surface area (Å²) in [7, 11) is 0. The third-order valence-corrected chi connectivity index (χ3v) is 3.40. The Labute approximate surface area is 112 Å². The molecule has 0 bridgehead atoms. The van der Waals surface area contributed by atoms with Gasteiger partial charge in [0.1, 0.15) is 11.5 Å². The maximum atomic E-state index is 9.27. The van der Waals surface area contributed by atoms with Crippen molar-refractivity contribution in [2.45, 2.75) is 19.0 Å². The van der Waals surface area contributed by atoms with Crippen molar-refractivity contribution in [3.8, 4) is 11.5 Å². The van der Waals surface area contributed by atoms with Crippen molar-refractivity contribution in [3.63, 3.8) is 0 Å². The average Bonchev–Trinajstić information content (AvgIpc) is 2.46. The highest BCUT2D eigenvalue weighted by atomic mass is 16.5. The van der Waals surface area contributed by atoms with Crippen LogP contribution < -0.4 is 10.1 Å². The number of para-hydroxylation sites is 2. The number of rotatable bonds is 3. The zero-order valence-electron chi connectivity index (χ0n) is 10.8. The van der Waals surface area contributed by atoms with Crippen molar-refractivity contribution in [2.75, 3.05) is 6.61 Å². The molecule has 2 N–H and O–H groups in total. The van der Waals surface area contributed by atoms with Crippen LogP contribution in [0.2, 0.25) is 0 Å². The van der Waals surface area contributed by atoms with Gasteiger partial charge in [0, 0.05) is 17.2 Å². The van der Waals surface area contributed by atoms with Gasteiger partial charge in [0.25, 0.3) is 0 Å². The van der Waals surface area contributed by atoms with Crippen molar-refractivity contribution < 1.29 is 9.84 Å². The fraction of sp³-hybridized carbons (Fsp3) is 0.250. The van der Waals surface area contributed by atoms with Crippen molar-refractivity contribution in [2.24, 2.45) is 0 Å². The van der Waals surface area contributed by atoms with E-state index in [0.29, 0.717) is 0 Å². The molecule has 2 aromatic rings. The summed E-state index contributed by atoms with van der Waals surface area (Å²) in [5.41, 5.74) is 2.23. The lowest BCUT2D eigenvalue weighted by Gasteiger charge is -2.30. The van der Waals surface area contributed by atoms with Crippen molar-refractivity contribution in [1.82, 2.24) is 5.32 Å². The van der Waals surface area contributed by atoms with Crippen LogP contribution in [0.15, 0.2) is 48.5 Å². The third kappa shape index (κ3) is 2.23. The second-order valence-corrected chi connectivity index (χ2v) is 4.86. The molecule has 98 valence electrons. The number of aliphatic hydroxyl groups excluding tert-OH is 1. The van der Waals surface area contributed by atoms with E-state index in [-0.39, 0.29) is 18.7 Å². The van der Waals surface area contributed by atoms with Gasteiger partial charge in [-0.25, -0.2) is 0 Å². The molecule has 19 heavy (non-hydrogen) atoms. The number of fused-ring (bicyclic) bond motifs is 2. The third-order valence-electron chi connectivity index (χ3n) is 3.40. The van der Waals surface area contributed by atoms with Crippen molar-refractivity contribution >= 4 is 0 Å². The summed E-state index contributed by atoms with van der Waals surface area (Å²) in [4.78, 5) is 0. The molecule has 0 saturated carbocycles. The Kier molecular flexibility index (Phi) is 3.23. The summed E-state index contributed by atoms with van der Waals surface area (Å²) in [5, 5.41) is 12.7. The van der Waals surface area contributed by atoms with E-state index in [4.69, 9.17) is 4.74 Å². The standard InChI is InChI=1S/C16H17NO2/c1-11(10-18)17-16-12-6-2-4-8-14(12)19-15-9-5-3-7-13(15)16/h2-9,11,16-18H,10H2,1H3/t11-/m1/s1. The molecule has 1 aliphatic rings. The minimum absolute atomic E-state index is 0.0317. The molecule has 3 rings (SSSR count). The lowest BCUT2D eigenvalue weighted by Crippen LogP contribution is -2.35. The first kappa shape index (κ1) is 12.2. The summed E-state index contributed by atoms with van der Waals surface area (Å²) < 4.78 is 5.92. The molecular formula is C16H17NO2. The van der Waals surface area contributed by atoms with E-state index in [2.05, 4.69) is 17.4 Å². The van der Waals surface area contributed by atoms with Gasteiger partial charge in [0.2, 0.25) is 0 Å². The summed E-state index contributed by atoms with van der Waals surface area (Å²) in [6, 6.07) is 16.1. The van der Waals surface area contributed by atoms with Crippen LogP contribution >= 0.6 is 0 Å². The topological polar surface area (TPSA) is 41.5 Å². The number of aliphatic hydroxyl groups is 1. The molecule has 1 heterocycles. The van der Waals surface area contributed by atoms with Crippen LogP contribution in [0.25, 0.3) is 0 Å². The Bertz CT molecular complexity index is 537. The van der Waals surface area contributed by atoms with Gasteiger partial charge in [0.05, 0.1) is 12.6 Å². The van der Waals surface area contributed by atoms with Crippen LogP contribution in [0.5, 0.6) is 11.5 Å². The molecule has 0 spiro atoms. The van der Waals surface area contributed by atoms with Gasteiger partial charge in [-0.2, -0.15) is 0 Å². The first-order chi connectivity index (χ1) is 9.29. The first-order valence-electron chi connectivity index (χ1n) is 6.52. The number of benzene rings is 2. The fourth-order valence-corrected chi connectivity index (χ4v) is 2.43. The van der Waals surface area contributed by atoms with Crippen molar-refractivity contribution in [3.05, 3.63) is 59.7 Å². The molecule has 0 unspecified atom stereocenters. The molecule has 2 aromatic carbocycles. The van der Waals surface area contributed by atoms with Crippen LogP contribution in [-0.2, 0) is 0 Å². The zero-order valence-corrected chi connectivity index (χ0v) is 10.8. The highest BCUT2D eigenvalue weighted by Gasteiger charge is 2.27. The lowest BCUT2D eigenvalue weighted by molar-refractivity contribution is 0.243. The summed E-state index contributed by atoms with van der Waals surface area (Å²) >= 11 is 0. The van der Waals surface area contributed by atoms with Gasteiger partial charge in [-0.05, 0) is 19.1 Å². The zero-order chi connectivity index (χ0) is 13.2. The molecule has 0 fully saturated rings. The lowest BCUT2D eigenvalue weighted by atomic mass is 9.94. The Morgan fingerprint density at radius 1 is 1.05 bits per heavy atom. The molecule has 3 heteroatoms. The highest BCUT2D eigenvalue weighted by molar-refractivity contribution is 5.52. The SMILES string of the molecule is C[C@H](CO)NC1c2ccccc2Oc2ccccc21. The summed E-state index contributed by atoms with van der Waals surface area (Å²) in [5.74, 6) is 1.76. The second kappa shape index (κ2) is 5.03. The molecule has 1 atom stereocenters. The maximum Gasteiger partial charge on any atom is 0.132 e. The molecule has 1 aliphatic heterocycles. The second-order valence-electron chi connectivity index (χ2n) is 4.86. The molecular weight excluding hydrogens is 238 g/mol. The molecule has 0 amide bonds. The van der Waals surface area contributed by atoms with E-state index in [9.17, 15) is 5.11 Å². The van der Waals surface area contributed by atoms with Crippen LogP contribution in [0.3, 0.4) is 0 Å². The van der Waals surface area contributed by atoms with Crippen molar-refractivity contribution in [1.29, 1.82) is 0 Å². The molecule has 0 saturated heterocycles. The van der Waals surface area contributed by atoms with Gasteiger partial charge < -0.3 is 15.2 Å². The Balaban J connectivity index is 2.06. The van der Waals surface area contributed by atoms with E-state index in [1.54, 1.807) is 0 Å². The van der Waals surface area contributed by atoms with Crippen LogP contribution in [0, 0.1) is 0 Å². The van der Waals surface area contributed by atoms with Gasteiger partial charge in [-0.15, -0.1) is 0 Å². The Morgan fingerprint density at radius 3 is 2.11 bits per heavy atom. The van der Waals surface area contributed by atoms with Gasteiger partial charge in [0.15, 0.2) is 0 Å². The Morgan fingerprint density at radius 2 is 1.58 bits per heavy atom.